The third-order valence-corrected chi connectivity index (χ3v) is 29.1. The molecule has 6 heteroatoms. The molecule has 0 aliphatic heterocycles. The first-order valence-corrected chi connectivity index (χ1v) is 49.5. The fourth-order valence-electron chi connectivity index (χ4n) is 22.6. The second-order valence-corrected chi connectivity index (χ2v) is 37.3. The van der Waals surface area contributed by atoms with Crippen LogP contribution >= 0.6 is 0 Å². The van der Waals surface area contributed by atoms with Gasteiger partial charge in [0.1, 0.15) is 0 Å². The van der Waals surface area contributed by atoms with Crippen molar-refractivity contribution in [2.75, 3.05) is 0 Å². The van der Waals surface area contributed by atoms with Gasteiger partial charge in [-0.05, 0) is 218 Å². The van der Waals surface area contributed by atoms with E-state index in [1.807, 2.05) is 0 Å². The number of aromatic nitrogens is 6. The van der Waals surface area contributed by atoms with Gasteiger partial charge in [-0.25, -0.2) is 0 Å². The van der Waals surface area contributed by atoms with Crippen molar-refractivity contribution in [1.82, 2.24) is 27.4 Å². The first-order chi connectivity index (χ1) is 71.5. The maximum atomic E-state index is 2.45. The summed E-state index contributed by atoms with van der Waals surface area (Å²) in [5.74, 6) is 0. The van der Waals surface area contributed by atoms with Crippen molar-refractivity contribution in [3.63, 3.8) is 0 Å². The molecule has 29 rings (SSSR count). The third-order valence-electron chi connectivity index (χ3n) is 29.1. The Morgan fingerprint density at radius 3 is 0.562 bits per heavy atom. The van der Waals surface area contributed by atoms with E-state index in [-0.39, 0.29) is 0 Å². The van der Waals surface area contributed by atoms with Crippen LogP contribution in [0.25, 0.3) is 254 Å². The minimum atomic E-state index is 1.15. The van der Waals surface area contributed by atoms with Gasteiger partial charge in [-0.15, -0.1) is 0 Å². The van der Waals surface area contributed by atoms with Crippen LogP contribution in [0.2, 0.25) is 0 Å². The average molecular weight is 1830 g/mol. The zero-order chi connectivity index (χ0) is 95.1. The van der Waals surface area contributed by atoms with Gasteiger partial charge in [0.05, 0.1) is 66.2 Å². The second-order valence-electron chi connectivity index (χ2n) is 37.3. The Morgan fingerprint density at radius 2 is 0.271 bits per heavy atom. The van der Waals surface area contributed by atoms with Crippen LogP contribution in [0.4, 0.5) is 0 Å². The topological polar surface area (TPSA) is 29.6 Å². The molecular formula is C138H92N6. The smallest absolute Gasteiger partial charge is 0.0619 e. The summed E-state index contributed by atoms with van der Waals surface area (Å²) < 4.78 is 14.5. The van der Waals surface area contributed by atoms with Crippen molar-refractivity contribution in [2.24, 2.45) is 0 Å². The molecule has 0 atom stereocenters. The number of hydrogen-bond acceptors (Lipinski definition) is 0. The molecule has 144 heavy (non-hydrogen) atoms. The number of hydrogen-bond donors (Lipinski definition) is 0. The highest BCUT2D eigenvalue weighted by atomic mass is 15.0. The van der Waals surface area contributed by atoms with Crippen LogP contribution in [0.5, 0.6) is 0 Å². The lowest BCUT2D eigenvalue weighted by atomic mass is 9.99. The number of para-hydroxylation sites is 10. The molecule has 0 aliphatic rings. The van der Waals surface area contributed by atoms with E-state index in [2.05, 4.69) is 586 Å². The second kappa shape index (κ2) is 35.7. The molecule has 0 spiro atoms. The number of nitrogens with zero attached hydrogens (tertiary/aromatic N) is 6. The molecule has 0 aliphatic carbocycles. The quantitative estimate of drug-likeness (QED) is 0.104. The molecule has 0 radical (unpaired) electrons. The minimum Gasteiger partial charge on any atom is -0.309 e. The van der Waals surface area contributed by atoms with Crippen LogP contribution in [0.1, 0.15) is 0 Å². The predicted octanol–water partition coefficient (Wildman–Crippen LogP) is 37.0. The molecular weight excluding hydrogens is 1740 g/mol. The minimum absolute atomic E-state index is 1.15. The normalized spacial score (nSPS) is 11.6. The van der Waals surface area contributed by atoms with Gasteiger partial charge in [0, 0.05) is 115 Å². The monoisotopic (exact) mass is 1830 g/mol. The maximum Gasteiger partial charge on any atom is 0.0619 e. The van der Waals surface area contributed by atoms with E-state index in [9.17, 15) is 0 Å². The summed E-state index contributed by atoms with van der Waals surface area (Å²) in [4.78, 5) is 0. The van der Waals surface area contributed by atoms with Crippen LogP contribution in [-0.4, -0.2) is 27.4 Å². The molecule has 0 saturated carbocycles. The fourth-order valence-corrected chi connectivity index (χ4v) is 22.6. The largest absolute Gasteiger partial charge is 0.309 e. The maximum absolute atomic E-state index is 2.45. The first-order valence-electron chi connectivity index (χ1n) is 49.5. The summed E-state index contributed by atoms with van der Waals surface area (Å²) in [5.41, 5.74) is 40.9. The summed E-state index contributed by atoms with van der Waals surface area (Å²) in [6, 6.07) is 202. The molecule has 0 N–H and O–H groups in total. The highest BCUT2D eigenvalue weighted by Crippen LogP contribution is 2.48. The van der Waals surface area contributed by atoms with Crippen LogP contribution in [0.15, 0.2) is 558 Å². The molecule has 29 aromatic rings. The predicted molar refractivity (Wildman–Crippen MR) is 609 cm³/mol. The lowest BCUT2D eigenvalue weighted by molar-refractivity contribution is 1.18. The summed E-state index contributed by atoms with van der Waals surface area (Å²) in [7, 11) is 0. The third kappa shape index (κ3) is 14.6. The molecule has 6 aromatic heterocycles. The van der Waals surface area contributed by atoms with E-state index in [0.717, 1.165) is 28.4 Å². The summed E-state index contributed by atoms with van der Waals surface area (Å²) in [5, 5.41) is 15.0. The highest BCUT2D eigenvalue weighted by Gasteiger charge is 2.26. The Kier molecular flexibility index (Phi) is 20.9. The van der Waals surface area contributed by atoms with Gasteiger partial charge in [0.2, 0.25) is 0 Å². The summed E-state index contributed by atoms with van der Waals surface area (Å²) in [6.45, 7) is 0. The van der Waals surface area contributed by atoms with Crippen LogP contribution in [-0.2, 0) is 0 Å². The van der Waals surface area contributed by atoms with Gasteiger partial charge in [0.15, 0.2) is 0 Å². The highest BCUT2D eigenvalue weighted by molar-refractivity contribution is 6.20. The molecule has 0 fully saturated rings. The Balaban J connectivity index is 0.000000108. The number of benzene rings is 23. The van der Waals surface area contributed by atoms with Gasteiger partial charge in [-0.1, -0.05) is 413 Å². The molecule has 23 aromatic carbocycles. The van der Waals surface area contributed by atoms with Gasteiger partial charge in [-0.2, -0.15) is 0 Å². The standard InChI is InChI=1S/2C48H32N2.C42H28N2/c1-3-14-33(15-4-1)35-18-11-20-38(30-35)49-45-26-9-8-23-42(45)44-32-37(28-29-47(44)49)40-24-13-25-43-41-22-7-10-27-46(41)50(48(40)43)39-21-12-19-36(31-39)34-16-5-2-6-17-34;1-3-13-33(14-4-1)35-25-28-38(29-26-35)50-46-24-10-7-19-41(46)43-22-12-21-40(48(43)50)37-27-30-47-44(32-37)42-20-8-9-23-45(42)49(47)39-18-11-17-36(31-39)34-15-5-2-6-16-34;1-3-13-29(14-4-1)30-15-11-18-33(27-30)43-39-23-9-8-20-36(39)38-28-31(25-26-41(38)43)34-21-12-22-37-35-19-7-10-24-40(35)44(42(34)37)32-16-5-2-6-17-32/h2*1-32H;1-28H. The molecule has 0 unspecified atom stereocenters. The van der Waals surface area contributed by atoms with Gasteiger partial charge < -0.3 is 27.4 Å². The SMILES string of the molecule is c1ccc(-c2ccc(-n3c4ccccc4c4cccc(-c5ccc6c(c5)c5ccccc5n6-c5cccc(-c6ccccc6)c5)c43)cc2)cc1.c1ccc(-c2cccc(-n3c4ccccc4c4cc(-c5cccc6c7ccccc7n(-c7cccc(-c8ccccc8)c7)c56)ccc43)c2)cc1.c1ccc(-c2cccc(-n3c4ccccc4c4cc(-c5cccc6c7ccccc7n(-c7ccccc7)c56)ccc43)c2)cc1. The van der Waals surface area contributed by atoms with Crippen molar-refractivity contribution < 1.29 is 0 Å². The van der Waals surface area contributed by atoms with E-state index in [0.29, 0.717) is 0 Å². The van der Waals surface area contributed by atoms with E-state index in [1.165, 1.54) is 226 Å². The Labute approximate surface area is 833 Å². The van der Waals surface area contributed by atoms with Gasteiger partial charge >= 0.3 is 0 Å². The van der Waals surface area contributed by atoms with Crippen molar-refractivity contribution >= 4 is 131 Å². The van der Waals surface area contributed by atoms with E-state index in [1.54, 1.807) is 0 Å². The zero-order valence-electron chi connectivity index (χ0n) is 78.8. The molecule has 0 bridgehead atoms. The lowest BCUT2D eigenvalue weighted by Crippen LogP contribution is -1.96. The first kappa shape index (κ1) is 84.2. The number of rotatable bonds is 14. The van der Waals surface area contributed by atoms with Gasteiger partial charge in [-0.3, -0.25) is 0 Å². The van der Waals surface area contributed by atoms with Crippen LogP contribution < -0.4 is 0 Å². The summed E-state index contributed by atoms with van der Waals surface area (Å²) >= 11 is 0. The summed E-state index contributed by atoms with van der Waals surface area (Å²) in [6.07, 6.45) is 0. The van der Waals surface area contributed by atoms with E-state index < -0.39 is 0 Å². The Bertz CT molecular complexity index is 9990. The fraction of sp³-hybridized carbons (Fsp3) is 0. The van der Waals surface area contributed by atoms with Crippen molar-refractivity contribution in [1.29, 1.82) is 0 Å². The molecule has 0 amide bonds. The van der Waals surface area contributed by atoms with Crippen molar-refractivity contribution in [3.8, 4) is 123 Å². The number of fused-ring (bicyclic) bond motifs is 18. The van der Waals surface area contributed by atoms with Crippen LogP contribution in [0, 0.1) is 0 Å². The lowest BCUT2D eigenvalue weighted by Gasteiger charge is -2.14. The van der Waals surface area contributed by atoms with E-state index in [4.69, 9.17) is 0 Å². The van der Waals surface area contributed by atoms with E-state index >= 15 is 0 Å². The van der Waals surface area contributed by atoms with Crippen LogP contribution in [0.3, 0.4) is 0 Å². The Hall–Kier alpha value is -19.1. The Morgan fingerprint density at radius 1 is 0.0903 bits per heavy atom. The molecule has 6 heterocycles. The van der Waals surface area contributed by atoms with Crippen molar-refractivity contribution in [3.05, 3.63) is 558 Å². The average Bonchev–Trinajstić information content (AvgIpc) is 1.58. The van der Waals surface area contributed by atoms with Gasteiger partial charge in [0.25, 0.3) is 0 Å². The molecule has 674 valence electrons. The molecule has 0 saturated heterocycles. The van der Waals surface area contributed by atoms with Crippen molar-refractivity contribution in [2.45, 2.75) is 0 Å². The zero-order valence-corrected chi connectivity index (χ0v) is 78.8. The molecule has 6 nitrogen and oxygen atoms in total.